The minimum absolute atomic E-state index is 0.0327. The highest BCUT2D eigenvalue weighted by molar-refractivity contribution is 7.18. The number of carbonyl (C=O) groups excluding carboxylic acids is 3. The van der Waals surface area contributed by atoms with E-state index in [-0.39, 0.29) is 29.6 Å². The van der Waals surface area contributed by atoms with Gasteiger partial charge >= 0.3 is 0 Å². The first-order chi connectivity index (χ1) is 14.0. The van der Waals surface area contributed by atoms with Gasteiger partial charge in [-0.1, -0.05) is 6.07 Å². The number of pyridine rings is 1. The first kappa shape index (κ1) is 19.6. The summed E-state index contributed by atoms with van der Waals surface area (Å²) in [6.07, 6.45) is 5.12. The third-order valence-corrected chi connectivity index (χ3v) is 6.24. The smallest absolute Gasteiger partial charge is 0.264 e. The minimum atomic E-state index is -0.259. The maximum Gasteiger partial charge on any atom is 0.264 e. The molecule has 1 aliphatic carbocycles. The monoisotopic (exact) mass is 412 g/mol. The number of aromatic nitrogens is 1. The second-order valence-electron chi connectivity index (χ2n) is 7.73. The molecule has 1 saturated carbocycles. The number of piperidine rings is 1. The molecule has 2 aromatic rings. The standard InChI is InChI=1S/C21H24N4O3S/c1-13-4-8-17(22-11-13)23-20(27)15-3-2-10-25(12-15)21(28)16-7-9-18(29-16)24-19(26)14-5-6-14/h4,7-9,11,14-15H,2-3,5-6,10,12H2,1H3,(H,24,26)(H,22,23,27). The fourth-order valence-corrected chi connectivity index (χ4v) is 4.27. The molecule has 3 amide bonds. The Kier molecular flexibility index (Phi) is 5.62. The molecule has 2 aliphatic rings. The van der Waals surface area contributed by atoms with Crippen molar-refractivity contribution in [1.82, 2.24) is 9.88 Å². The molecule has 3 heterocycles. The molecule has 29 heavy (non-hydrogen) atoms. The van der Waals surface area contributed by atoms with Gasteiger partial charge in [0.15, 0.2) is 0 Å². The first-order valence-corrected chi connectivity index (χ1v) is 10.7. The van der Waals surface area contributed by atoms with E-state index in [1.165, 1.54) is 11.3 Å². The summed E-state index contributed by atoms with van der Waals surface area (Å²) in [4.78, 5) is 43.9. The molecule has 7 nitrogen and oxygen atoms in total. The zero-order valence-corrected chi connectivity index (χ0v) is 17.1. The molecule has 2 fully saturated rings. The number of anilines is 2. The van der Waals surface area contributed by atoms with Crippen LogP contribution in [0.1, 0.15) is 40.9 Å². The van der Waals surface area contributed by atoms with Crippen LogP contribution in [0, 0.1) is 18.8 Å². The highest BCUT2D eigenvalue weighted by Crippen LogP contribution is 2.32. The summed E-state index contributed by atoms with van der Waals surface area (Å²) in [6.45, 7) is 2.96. The third kappa shape index (κ3) is 4.82. The summed E-state index contributed by atoms with van der Waals surface area (Å²) in [5.41, 5.74) is 1.03. The molecule has 1 saturated heterocycles. The van der Waals surface area contributed by atoms with Crippen molar-refractivity contribution in [1.29, 1.82) is 0 Å². The topological polar surface area (TPSA) is 91.4 Å². The van der Waals surface area contributed by atoms with Crippen LogP contribution in [0.3, 0.4) is 0 Å². The second-order valence-corrected chi connectivity index (χ2v) is 8.81. The van der Waals surface area contributed by atoms with Crippen molar-refractivity contribution < 1.29 is 14.4 Å². The van der Waals surface area contributed by atoms with Gasteiger partial charge in [-0.3, -0.25) is 14.4 Å². The van der Waals surface area contributed by atoms with Gasteiger partial charge in [-0.15, -0.1) is 11.3 Å². The fourth-order valence-electron chi connectivity index (χ4n) is 3.39. The number of aryl methyl sites for hydroxylation is 1. The van der Waals surface area contributed by atoms with Crippen LogP contribution in [0.25, 0.3) is 0 Å². The van der Waals surface area contributed by atoms with Crippen LogP contribution < -0.4 is 10.6 Å². The highest BCUT2D eigenvalue weighted by Gasteiger charge is 2.31. The van der Waals surface area contributed by atoms with E-state index in [0.29, 0.717) is 28.8 Å². The van der Waals surface area contributed by atoms with E-state index < -0.39 is 0 Å². The van der Waals surface area contributed by atoms with Crippen LogP contribution >= 0.6 is 11.3 Å². The summed E-state index contributed by atoms with van der Waals surface area (Å²) in [7, 11) is 0. The Bertz CT molecular complexity index is 920. The Morgan fingerprint density at radius 2 is 1.83 bits per heavy atom. The lowest BCUT2D eigenvalue weighted by Crippen LogP contribution is -2.43. The molecular weight excluding hydrogens is 388 g/mol. The van der Waals surface area contributed by atoms with Crippen molar-refractivity contribution >= 4 is 39.9 Å². The molecule has 2 aromatic heterocycles. The van der Waals surface area contributed by atoms with E-state index in [0.717, 1.165) is 31.2 Å². The maximum absolute atomic E-state index is 12.9. The van der Waals surface area contributed by atoms with Gasteiger partial charge in [-0.05, 0) is 56.4 Å². The number of rotatable bonds is 5. The Labute approximate surface area is 173 Å². The highest BCUT2D eigenvalue weighted by atomic mass is 32.1. The summed E-state index contributed by atoms with van der Waals surface area (Å²) in [5.74, 6) is 0.226. The van der Waals surface area contributed by atoms with Crippen molar-refractivity contribution in [2.45, 2.75) is 32.6 Å². The molecule has 1 unspecified atom stereocenters. The van der Waals surface area contributed by atoms with Crippen molar-refractivity contribution in [3.63, 3.8) is 0 Å². The summed E-state index contributed by atoms with van der Waals surface area (Å²) < 4.78 is 0. The van der Waals surface area contributed by atoms with E-state index in [1.807, 2.05) is 13.0 Å². The average molecular weight is 413 g/mol. The van der Waals surface area contributed by atoms with Crippen LogP contribution in [-0.2, 0) is 9.59 Å². The molecule has 0 spiro atoms. The number of hydrogen-bond acceptors (Lipinski definition) is 5. The Balaban J connectivity index is 1.35. The predicted molar refractivity (Wildman–Crippen MR) is 112 cm³/mol. The zero-order chi connectivity index (χ0) is 20.4. The van der Waals surface area contributed by atoms with Gasteiger partial charge in [-0.2, -0.15) is 0 Å². The predicted octanol–water partition coefficient (Wildman–Crippen LogP) is 3.29. The molecule has 1 aliphatic heterocycles. The van der Waals surface area contributed by atoms with E-state index in [9.17, 15) is 14.4 Å². The van der Waals surface area contributed by atoms with Gasteiger partial charge < -0.3 is 15.5 Å². The average Bonchev–Trinajstić information content (AvgIpc) is 3.49. The van der Waals surface area contributed by atoms with Crippen LogP contribution in [0.4, 0.5) is 10.8 Å². The van der Waals surface area contributed by atoms with Crippen LogP contribution in [0.2, 0.25) is 0 Å². The van der Waals surface area contributed by atoms with Crippen molar-refractivity contribution in [3.05, 3.63) is 40.9 Å². The molecule has 0 bridgehead atoms. The number of nitrogens with zero attached hydrogens (tertiary/aromatic N) is 2. The number of likely N-dealkylation sites (tertiary alicyclic amines) is 1. The Morgan fingerprint density at radius 3 is 2.55 bits per heavy atom. The maximum atomic E-state index is 12.9. The van der Waals surface area contributed by atoms with Gasteiger partial charge in [0.25, 0.3) is 5.91 Å². The van der Waals surface area contributed by atoms with Gasteiger partial charge in [0.05, 0.1) is 15.8 Å². The minimum Gasteiger partial charge on any atom is -0.337 e. The van der Waals surface area contributed by atoms with Gasteiger partial charge in [0.1, 0.15) is 5.82 Å². The second kappa shape index (κ2) is 8.32. The third-order valence-electron chi connectivity index (χ3n) is 5.25. The number of carbonyl (C=O) groups is 3. The summed E-state index contributed by atoms with van der Waals surface area (Å²) in [6, 6.07) is 7.20. The van der Waals surface area contributed by atoms with Crippen LogP contribution in [0.15, 0.2) is 30.5 Å². The number of nitrogens with one attached hydrogen (secondary N) is 2. The normalized spacial score (nSPS) is 18.9. The molecule has 2 N–H and O–H groups in total. The lowest BCUT2D eigenvalue weighted by molar-refractivity contribution is -0.121. The van der Waals surface area contributed by atoms with Gasteiger partial charge in [0, 0.05) is 25.2 Å². The summed E-state index contributed by atoms with van der Waals surface area (Å²) >= 11 is 1.29. The molecule has 1 atom stereocenters. The van der Waals surface area contributed by atoms with E-state index in [2.05, 4.69) is 15.6 Å². The quantitative estimate of drug-likeness (QED) is 0.788. The molecule has 0 aromatic carbocycles. The molecule has 4 rings (SSSR count). The fraction of sp³-hybridized carbons (Fsp3) is 0.429. The van der Waals surface area contributed by atoms with Crippen LogP contribution in [-0.4, -0.2) is 40.7 Å². The summed E-state index contributed by atoms with van der Waals surface area (Å²) in [5, 5.41) is 6.42. The SMILES string of the molecule is Cc1ccc(NC(=O)C2CCCN(C(=O)c3ccc(NC(=O)C4CC4)s3)C2)nc1. The van der Waals surface area contributed by atoms with Crippen LogP contribution in [0.5, 0.6) is 0 Å². The lowest BCUT2D eigenvalue weighted by atomic mass is 9.97. The molecule has 152 valence electrons. The lowest BCUT2D eigenvalue weighted by Gasteiger charge is -2.31. The molecular formula is C21H24N4O3S. The van der Waals surface area contributed by atoms with Crippen molar-refractivity contribution in [3.8, 4) is 0 Å². The van der Waals surface area contributed by atoms with E-state index in [1.54, 1.807) is 29.3 Å². The van der Waals surface area contributed by atoms with Crippen molar-refractivity contribution in [2.75, 3.05) is 23.7 Å². The first-order valence-electron chi connectivity index (χ1n) is 9.93. The number of thiophene rings is 1. The van der Waals surface area contributed by atoms with E-state index in [4.69, 9.17) is 0 Å². The Hall–Kier alpha value is -2.74. The van der Waals surface area contributed by atoms with Crippen molar-refractivity contribution in [2.24, 2.45) is 11.8 Å². The van der Waals surface area contributed by atoms with E-state index >= 15 is 0 Å². The number of hydrogen-bond donors (Lipinski definition) is 2. The zero-order valence-electron chi connectivity index (χ0n) is 16.3. The molecule has 8 heteroatoms. The number of amides is 3. The van der Waals surface area contributed by atoms with Gasteiger partial charge in [0.2, 0.25) is 11.8 Å². The Morgan fingerprint density at radius 1 is 1.03 bits per heavy atom. The van der Waals surface area contributed by atoms with Gasteiger partial charge in [-0.25, -0.2) is 4.98 Å². The molecule has 0 radical (unpaired) electrons. The largest absolute Gasteiger partial charge is 0.337 e.